The molecule has 6 aromatic heterocycles. The minimum atomic E-state index is -0.295. The number of hydrogen-bond acceptors (Lipinski definition) is 12. The monoisotopic (exact) mass is 733 g/mol. The first-order valence-electron chi connectivity index (χ1n) is 15.4. The molecule has 0 amide bonds. The molecule has 0 unspecified atom stereocenters. The summed E-state index contributed by atoms with van der Waals surface area (Å²) < 4.78 is 5.81. The Kier molecular flexibility index (Phi) is 10.4. The second-order valence-corrected chi connectivity index (χ2v) is 15.6. The lowest BCUT2D eigenvalue weighted by Gasteiger charge is -2.10. The van der Waals surface area contributed by atoms with E-state index in [0.717, 1.165) is 48.3 Å². The molecule has 256 valence electrons. The Morgan fingerprint density at radius 1 is 0.653 bits per heavy atom. The van der Waals surface area contributed by atoms with Crippen LogP contribution in [0.1, 0.15) is 43.8 Å². The van der Waals surface area contributed by atoms with Crippen molar-refractivity contribution >= 4 is 94.3 Å². The largest absolute Gasteiger partial charge is 0.383 e. The Bertz CT molecular complexity index is 2540. The lowest BCUT2D eigenvalue weighted by Crippen LogP contribution is -2.23. The van der Waals surface area contributed by atoms with Crippen LogP contribution in [-0.4, -0.2) is 28.7 Å². The Morgan fingerprint density at radius 3 is 1.59 bits per heavy atom. The maximum Gasteiger partial charge on any atom is 0.350 e. The maximum atomic E-state index is 11.6. The van der Waals surface area contributed by atoms with Crippen molar-refractivity contribution in [3.63, 3.8) is 0 Å². The molecule has 0 aliphatic carbocycles. The van der Waals surface area contributed by atoms with Crippen LogP contribution >= 0.6 is 46.2 Å². The van der Waals surface area contributed by atoms with Crippen LogP contribution in [0, 0.1) is 46.3 Å². The van der Waals surface area contributed by atoms with E-state index in [1.54, 1.807) is 45.6 Å². The van der Waals surface area contributed by atoms with Gasteiger partial charge < -0.3 is 21.8 Å². The summed E-state index contributed by atoms with van der Waals surface area (Å²) in [4.78, 5) is 41.4. The Hall–Kier alpha value is -4.44. The van der Waals surface area contributed by atoms with Crippen LogP contribution in [0.25, 0.3) is 30.6 Å². The number of nitrogens with zero attached hydrogens (tertiary/aromatic N) is 6. The van der Waals surface area contributed by atoms with Gasteiger partial charge >= 0.3 is 11.4 Å². The zero-order valence-electron chi connectivity index (χ0n) is 28.7. The summed E-state index contributed by atoms with van der Waals surface area (Å²) in [5.74, 6) is 1.22. The molecule has 1 aromatic carbocycles. The SMILES string of the molecule is CCn1c(=O)nc(N)c2c(C)c(C)sc21.Cc1sc2c(c(N)nc(=O)n2C)c1C.Cc1sc2c(c(N)nc(=S)n2Cc2ccccc2)c1C. The van der Waals surface area contributed by atoms with Gasteiger partial charge in [0.15, 0.2) is 0 Å². The summed E-state index contributed by atoms with van der Waals surface area (Å²) in [6.07, 6.45) is 0. The molecule has 49 heavy (non-hydrogen) atoms. The van der Waals surface area contributed by atoms with Crippen LogP contribution in [0.5, 0.6) is 0 Å². The molecule has 0 saturated heterocycles. The number of fused-ring (bicyclic) bond motifs is 3. The number of thiophene rings is 3. The highest BCUT2D eigenvalue weighted by atomic mass is 32.1. The average molecular weight is 734 g/mol. The van der Waals surface area contributed by atoms with Crippen molar-refractivity contribution in [1.82, 2.24) is 28.7 Å². The average Bonchev–Trinajstić information content (AvgIpc) is 3.64. The van der Waals surface area contributed by atoms with E-state index in [4.69, 9.17) is 29.4 Å². The van der Waals surface area contributed by atoms with Crippen LogP contribution in [-0.2, 0) is 20.1 Å². The smallest absolute Gasteiger partial charge is 0.350 e. The maximum absolute atomic E-state index is 11.6. The fourth-order valence-electron chi connectivity index (χ4n) is 5.47. The summed E-state index contributed by atoms with van der Waals surface area (Å²) in [5.41, 5.74) is 21.6. The molecule has 7 aromatic rings. The van der Waals surface area contributed by atoms with E-state index in [9.17, 15) is 9.59 Å². The molecule has 0 spiro atoms. The first-order chi connectivity index (χ1) is 23.2. The third-order valence-electron chi connectivity index (χ3n) is 8.56. The van der Waals surface area contributed by atoms with Gasteiger partial charge in [-0.2, -0.15) is 9.97 Å². The van der Waals surface area contributed by atoms with Gasteiger partial charge in [-0.3, -0.25) is 9.13 Å². The van der Waals surface area contributed by atoms with E-state index in [1.807, 2.05) is 52.8 Å². The standard InChI is InChI=1S/C15H15N3S2.C10H13N3OS.C9H11N3OS/c1-9-10(2)20-14-12(9)13(16)17-15(19)18(14)8-11-6-4-3-5-7-11;1-4-13-9-7(5(2)6(3)15-9)8(11)12-10(13)14;1-4-5(2)14-8-6(4)7(10)11-9(13)12(8)3/h3-7H,8H2,1-2H3,(H2,16,17,19);4H2,1-3H3,(H2,11,12,14);1-3H3,(H2,10,11,13). The van der Waals surface area contributed by atoms with Crippen LogP contribution in [0.4, 0.5) is 17.5 Å². The molecular weight excluding hydrogens is 695 g/mol. The highest BCUT2D eigenvalue weighted by molar-refractivity contribution is 7.71. The molecule has 6 heterocycles. The van der Waals surface area contributed by atoms with Gasteiger partial charge in [0.25, 0.3) is 0 Å². The van der Waals surface area contributed by atoms with E-state index < -0.39 is 0 Å². The zero-order valence-corrected chi connectivity index (χ0v) is 31.9. The number of nitrogen functional groups attached to an aromatic ring is 3. The normalized spacial score (nSPS) is 11.1. The van der Waals surface area contributed by atoms with Crippen molar-refractivity contribution < 1.29 is 0 Å². The number of nitrogens with two attached hydrogens (primary N) is 3. The molecule has 0 fully saturated rings. The van der Waals surface area contributed by atoms with Gasteiger partial charge in [-0.25, -0.2) is 14.6 Å². The summed E-state index contributed by atoms with van der Waals surface area (Å²) in [5, 5.41) is 2.88. The van der Waals surface area contributed by atoms with Gasteiger partial charge in [-0.1, -0.05) is 30.3 Å². The van der Waals surface area contributed by atoms with Gasteiger partial charge in [0.05, 0.1) is 22.7 Å². The number of benzene rings is 1. The first-order valence-corrected chi connectivity index (χ1v) is 18.3. The molecule has 0 radical (unpaired) electrons. The van der Waals surface area contributed by atoms with Crippen molar-refractivity contribution in [1.29, 1.82) is 0 Å². The van der Waals surface area contributed by atoms with Gasteiger partial charge in [-0.15, -0.1) is 34.0 Å². The molecule has 0 bridgehead atoms. The van der Waals surface area contributed by atoms with Crippen LogP contribution < -0.4 is 28.6 Å². The van der Waals surface area contributed by atoms with Gasteiger partial charge in [0.1, 0.15) is 31.9 Å². The number of aromatic nitrogens is 6. The number of aryl methyl sites for hydroxylation is 8. The van der Waals surface area contributed by atoms with Crippen molar-refractivity contribution in [2.24, 2.45) is 7.05 Å². The van der Waals surface area contributed by atoms with Gasteiger partial charge in [-0.05, 0) is 82.9 Å². The molecule has 7 rings (SSSR count). The van der Waals surface area contributed by atoms with Gasteiger partial charge in [0, 0.05) is 28.2 Å². The predicted molar refractivity (Wildman–Crippen MR) is 210 cm³/mol. The van der Waals surface area contributed by atoms with Crippen molar-refractivity contribution in [2.45, 2.75) is 61.6 Å². The molecule has 6 N–H and O–H groups in total. The minimum Gasteiger partial charge on any atom is -0.383 e. The minimum absolute atomic E-state index is 0.260. The molecule has 15 heteroatoms. The molecule has 0 atom stereocenters. The van der Waals surface area contributed by atoms with Crippen LogP contribution in [0.3, 0.4) is 0 Å². The number of hydrogen-bond donors (Lipinski definition) is 3. The highest BCUT2D eigenvalue weighted by Gasteiger charge is 2.16. The van der Waals surface area contributed by atoms with Crippen molar-refractivity contribution in [3.8, 4) is 0 Å². The Morgan fingerprint density at radius 2 is 1.08 bits per heavy atom. The fraction of sp³-hybridized carbons (Fsp3) is 0.294. The van der Waals surface area contributed by atoms with Crippen molar-refractivity contribution in [2.75, 3.05) is 17.2 Å². The summed E-state index contributed by atoms with van der Waals surface area (Å²) >= 11 is 10.3. The second-order valence-electron chi connectivity index (χ2n) is 11.6. The predicted octanol–water partition coefficient (Wildman–Crippen LogP) is 6.95. The fourth-order valence-corrected chi connectivity index (χ4v) is 9.29. The van der Waals surface area contributed by atoms with Crippen LogP contribution in [0.15, 0.2) is 39.9 Å². The van der Waals surface area contributed by atoms with Gasteiger partial charge in [0.2, 0.25) is 4.77 Å². The first kappa shape index (κ1) is 35.9. The third kappa shape index (κ3) is 6.75. The Labute approximate surface area is 300 Å². The van der Waals surface area contributed by atoms with E-state index >= 15 is 0 Å². The van der Waals surface area contributed by atoms with Crippen LogP contribution in [0.2, 0.25) is 0 Å². The summed E-state index contributed by atoms with van der Waals surface area (Å²) in [6, 6.07) is 10.3. The summed E-state index contributed by atoms with van der Waals surface area (Å²) in [6.45, 7) is 15.5. The van der Waals surface area contributed by atoms with E-state index in [0.29, 0.717) is 28.8 Å². The lowest BCUT2D eigenvalue weighted by molar-refractivity contribution is 0.738. The lowest BCUT2D eigenvalue weighted by atomic mass is 10.2. The van der Waals surface area contributed by atoms with E-state index in [-0.39, 0.29) is 11.4 Å². The number of anilines is 3. The Balaban J connectivity index is 0.000000146. The quantitative estimate of drug-likeness (QED) is 0.163. The zero-order chi connectivity index (χ0) is 35.9. The highest BCUT2D eigenvalue weighted by Crippen LogP contribution is 2.34. The second kappa shape index (κ2) is 14.2. The molecule has 0 aliphatic rings. The molecule has 0 aliphatic heterocycles. The molecular formula is C34H39N9O2S4. The molecule has 11 nitrogen and oxygen atoms in total. The number of rotatable bonds is 3. The van der Waals surface area contributed by atoms with Crippen molar-refractivity contribution in [3.05, 3.63) is 93.0 Å². The van der Waals surface area contributed by atoms with E-state index in [2.05, 4.69) is 45.5 Å². The topological polar surface area (TPSA) is 166 Å². The third-order valence-corrected chi connectivity index (χ3v) is 12.6. The summed E-state index contributed by atoms with van der Waals surface area (Å²) in [7, 11) is 1.71. The van der Waals surface area contributed by atoms with E-state index in [1.165, 1.54) is 30.3 Å². The molecule has 0 saturated carbocycles.